The van der Waals surface area contributed by atoms with Gasteiger partial charge in [0.1, 0.15) is 15.8 Å². The normalized spacial score (nSPS) is 9.90. The first-order valence-corrected chi connectivity index (χ1v) is 7.17. The molecule has 0 saturated carbocycles. The summed E-state index contributed by atoms with van der Waals surface area (Å²) in [4.78, 5) is 0. The van der Waals surface area contributed by atoms with Gasteiger partial charge in [0.25, 0.3) is 0 Å². The van der Waals surface area contributed by atoms with Gasteiger partial charge in [-0.1, -0.05) is 69.6 Å². The van der Waals surface area contributed by atoms with E-state index in [0.29, 0.717) is 5.02 Å². The van der Waals surface area contributed by atoms with Crippen LogP contribution in [0.5, 0.6) is 11.5 Å². The van der Waals surface area contributed by atoms with Gasteiger partial charge in [0.15, 0.2) is 5.75 Å². The summed E-state index contributed by atoms with van der Waals surface area (Å²) in [7, 11) is 0. The molecule has 108 valence electrons. The molecule has 0 radical (unpaired) electrons. The molecule has 0 atom stereocenters. The molecular weight excluding hydrogens is 389 g/mol. The van der Waals surface area contributed by atoms with Crippen molar-refractivity contribution in [3.8, 4) is 11.5 Å². The third-order valence-corrected chi connectivity index (χ3v) is 4.52. The standard InChI is InChI=1S/C6HCl5O.C6H5ClO/c7-1-2(8)4(10)6(12)5(11)3(1)9;7-5-1-3-6(8)4-2-5/h12H;1-4,8H. The van der Waals surface area contributed by atoms with E-state index in [9.17, 15) is 5.11 Å². The lowest BCUT2D eigenvalue weighted by molar-refractivity contribution is 0.475. The molecule has 2 nitrogen and oxygen atoms in total. The maximum absolute atomic E-state index is 9.20. The Labute approximate surface area is 145 Å². The highest BCUT2D eigenvalue weighted by atomic mass is 35.5. The molecular formula is C12H6Cl6O2. The van der Waals surface area contributed by atoms with E-state index in [2.05, 4.69) is 0 Å². The molecule has 0 aliphatic carbocycles. The molecule has 0 bridgehead atoms. The van der Waals surface area contributed by atoms with Gasteiger partial charge in [-0.05, 0) is 24.3 Å². The lowest BCUT2D eigenvalue weighted by Crippen LogP contribution is -1.78. The first kappa shape index (κ1) is 17.8. The van der Waals surface area contributed by atoms with Crippen molar-refractivity contribution in [2.24, 2.45) is 0 Å². The minimum absolute atomic E-state index is 0.00904. The Kier molecular flexibility index (Phi) is 6.86. The van der Waals surface area contributed by atoms with E-state index in [0.717, 1.165) is 0 Å². The van der Waals surface area contributed by atoms with Crippen molar-refractivity contribution in [1.29, 1.82) is 0 Å². The minimum Gasteiger partial charge on any atom is -0.508 e. The van der Waals surface area contributed by atoms with Crippen molar-refractivity contribution < 1.29 is 10.2 Å². The van der Waals surface area contributed by atoms with E-state index in [-0.39, 0.29) is 36.6 Å². The number of aromatic hydroxyl groups is 2. The predicted molar refractivity (Wildman–Crippen MR) is 86.3 cm³/mol. The molecule has 0 fully saturated rings. The van der Waals surface area contributed by atoms with Crippen molar-refractivity contribution in [2.75, 3.05) is 0 Å². The fourth-order valence-corrected chi connectivity index (χ4v) is 2.29. The summed E-state index contributed by atoms with van der Waals surface area (Å²) >= 11 is 33.4. The quantitative estimate of drug-likeness (QED) is 0.385. The highest BCUT2D eigenvalue weighted by Crippen LogP contribution is 2.47. The fourth-order valence-electron chi connectivity index (χ4n) is 1.03. The molecule has 20 heavy (non-hydrogen) atoms. The van der Waals surface area contributed by atoms with Crippen LogP contribution in [0, 0.1) is 0 Å². The molecule has 2 aromatic rings. The molecule has 0 saturated heterocycles. The smallest absolute Gasteiger partial charge is 0.155 e. The molecule has 2 rings (SSSR count). The topological polar surface area (TPSA) is 40.5 Å². The van der Waals surface area contributed by atoms with Gasteiger partial charge in [-0.2, -0.15) is 0 Å². The van der Waals surface area contributed by atoms with Crippen molar-refractivity contribution in [3.63, 3.8) is 0 Å². The van der Waals surface area contributed by atoms with Crippen LogP contribution in [0.15, 0.2) is 24.3 Å². The minimum atomic E-state index is -0.363. The van der Waals surface area contributed by atoms with E-state index >= 15 is 0 Å². The fraction of sp³-hybridized carbons (Fsp3) is 0. The van der Waals surface area contributed by atoms with Gasteiger partial charge >= 0.3 is 0 Å². The van der Waals surface area contributed by atoms with Gasteiger partial charge in [-0.3, -0.25) is 0 Å². The third kappa shape index (κ3) is 4.39. The zero-order valence-corrected chi connectivity index (χ0v) is 14.0. The summed E-state index contributed by atoms with van der Waals surface area (Å²) in [5.41, 5.74) is 0. The third-order valence-electron chi connectivity index (χ3n) is 2.01. The molecule has 2 aromatic carbocycles. The lowest BCUT2D eigenvalue weighted by atomic mass is 10.3. The average Bonchev–Trinajstić information content (AvgIpc) is 2.45. The van der Waals surface area contributed by atoms with Crippen molar-refractivity contribution >= 4 is 69.6 Å². The SMILES string of the molecule is Oc1c(Cl)c(Cl)c(Cl)c(Cl)c1Cl.Oc1ccc(Cl)cc1. The summed E-state index contributed by atoms with van der Waals surface area (Å²) in [6.45, 7) is 0. The van der Waals surface area contributed by atoms with Crippen LogP contribution in [0.4, 0.5) is 0 Å². The average molecular weight is 395 g/mol. The van der Waals surface area contributed by atoms with Crippen LogP contribution in [0.25, 0.3) is 0 Å². The zero-order valence-electron chi connectivity index (χ0n) is 9.47. The first-order valence-electron chi connectivity index (χ1n) is 4.90. The van der Waals surface area contributed by atoms with Gasteiger partial charge in [0, 0.05) is 5.02 Å². The van der Waals surface area contributed by atoms with E-state index in [4.69, 9.17) is 74.7 Å². The summed E-state index contributed by atoms with van der Waals surface area (Å²) in [5.74, 6) is -0.118. The maximum Gasteiger partial charge on any atom is 0.155 e. The van der Waals surface area contributed by atoms with E-state index in [1.165, 1.54) is 0 Å². The Morgan fingerprint density at radius 2 is 0.900 bits per heavy atom. The molecule has 0 aliphatic heterocycles. The second-order valence-corrected chi connectivity index (χ2v) is 5.72. The molecule has 2 N–H and O–H groups in total. The highest BCUT2D eigenvalue weighted by Gasteiger charge is 2.18. The number of phenolic OH excluding ortho intramolecular Hbond substituents is 2. The van der Waals surface area contributed by atoms with Crippen LogP contribution < -0.4 is 0 Å². The van der Waals surface area contributed by atoms with Crippen molar-refractivity contribution in [3.05, 3.63) is 54.4 Å². The Morgan fingerprint density at radius 3 is 1.25 bits per heavy atom. The van der Waals surface area contributed by atoms with E-state index < -0.39 is 0 Å². The van der Waals surface area contributed by atoms with E-state index in [1.54, 1.807) is 24.3 Å². The molecule has 0 aromatic heterocycles. The Balaban J connectivity index is 0.000000217. The number of hydrogen-bond acceptors (Lipinski definition) is 2. The number of halogens is 6. The van der Waals surface area contributed by atoms with Crippen LogP contribution in [-0.4, -0.2) is 10.2 Å². The molecule has 0 unspecified atom stereocenters. The number of benzene rings is 2. The van der Waals surface area contributed by atoms with Crippen LogP contribution in [0.2, 0.25) is 30.1 Å². The summed E-state index contributed by atoms with van der Waals surface area (Å²) < 4.78 is 0. The van der Waals surface area contributed by atoms with Crippen molar-refractivity contribution in [2.45, 2.75) is 0 Å². The largest absolute Gasteiger partial charge is 0.508 e. The molecule has 0 aliphatic rings. The van der Waals surface area contributed by atoms with Gasteiger partial charge in [-0.25, -0.2) is 0 Å². The molecule has 0 amide bonds. The van der Waals surface area contributed by atoms with Crippen molar-refractivity contribution in [1.82, 2.24) is 0 Å². The first-order chi connectivity index (χ1) is 9.25. The molecule has 0 heterocycles. The highest BCUT2D eigenvalue weighted by molar-refractivity contribution is 6.55. The van der Waals surface area contributed by atoms with Gasteiger partial charge < -0.3 is 10.2 Å². The molecule has 0 spiro atoms. The Hall–Kier alpha value is -0.220. The van der Waals surface area contributed by atoms with Gasteiger partial charge in [0.2, 0.25) is 0 Å². The van der Waals surface area contributed by atoms with Gasteiger partial charge in [-0.15, -0.1) is 0 Å². The van der Waals surface area contributed by atoms with Crippen LogP contribution >= 0.6 is 69.6 Å². The second kappa shape index (κ2) is 7.69. The molecule has 8 heteroatoms. The van der Waals surface area contributed by atoms with Crippen LogP contribution in [0.3, 0.4) is 0 Å². The Morgan fingerprint density at radius 1 is 0.550 bits per heavy atom. The summed E-state index contributed by atoms with van der Waals surface area (Å²) in [6, 6.07) is 6.36. The van der Waals surface area contributed by atoms with Crippen LogP contribution in [-0.2, 0) is 0 Å². The van der Waals surface area contributed by atoms with Gasteiger partial charge in [0.05, 0.1) is 15.1 Å². The predicted octanol–water partition coefficient (Wildman–Crippen LogP) is 6.70. The monoisotopic (exact) mass is 392 g/mol. The summed E-state index contributed by atoms with van der Waals surface area (Å²) in [6.07, 6.45) is 0. The lowest BCUT2D eigenvalue weighted by Gasteiger charge is -2.06. The number of phenols is 2. The second-order valence-electron chi connectivity index (χ2n) is 3.39. The zero-order chi connectivity index (χ0) is 15.4. The van der Waals surface area contributed by atoms with E-state index in [1.807, 2.05) is 0 Å². The summed E-state index contributed by atoms with van der Waals surface area (Å²) in [5, 5.41) is 18.4. The Bertz CT molecular complexity index is 486. The maximum atomic E-state index is 9.20. The van der Waals surface area contributed by atoms with Crippen LogP contribution in [0.1, 0.15) is 0 Å². The number of rotatable bonds is 0. The number of hydrogen-bond donors (Lipinski definition) is 2.